The van der Waals surface area contributed by atoms with Crippen LogP contribution in [-0.4, -0.2) is 36.3 Å². The average Bonchev–Trinajstić information content (AvgIpc) is 2.92. The summed E-state index contributed by atoms with van der Waals surface area (Å²) >= 11 is 11.8. The molecule has 1 saturated heterocycles. The molecule has 1 aromatic rings. The highest BCUT2D eigenvalue weighted by Crippen LogP contribution is 2.25. The number of ether oxygens (including phenoxy) is 1. The fourth-order valence-corrected chi connectivity index (χ4v) is 3.99. The first kappa shape index (κ1) is 15.3. The van der Waals surface area contributed by atoms with Gasteiger partial charge in [0.05, 0.1) is 27.5 Å². The molecule has 3 unspecified atom stereocenters. The van der Waals surface area contributed by atoms with Crippen LogP contribution >= 0.6 is 23.2 Å². The van der Waals surface area contributed by atoms with E-state index in [0.29, 0.717) is 26.6 Å². The molecule has 1 aliphatic rings. The molecule has 1 aliphatic heterocycles. The number of halogens is 2. The third kappa shape index (κ3) is 3.92. The molecule has 1 fully saturated rings. The van der Waals surface area contributed by atoms with Crippen LogP contribution in [0.2, 0.25) is 10.0 Å². The van der Waals surface area contributed by atoms with Crippen LogP contribution < -0.4 is 5.32 Å². The second kappa shape index (κ2) is 7.04. The molecule has 0 amide bonds. The van der Waals surface area contributed by atoms with Gasteiger partial charge in [-0.1, -0.05) is 23.2 Å². The minimum Gasteiger partial charge on any atom is -0.381 e. The zero-order chi connectivity index (χ0) is 13.8. The van der Waals surface area contributed by atoms with Crippen molar-refractivity contribution in [2.24, 2.45) is 5.92 Å². The highest BCUT2D eigenvalue weighted by atomic mass is 35.5. The first-order valence-electron chi connectivity index (χ1n) is 6.20. The van der Waals surface area contributed by atoms with E-state index < -0.39 is 10.8 Å². The zero-order valence-corrected chi connectivity index (χ0v) is 13.0. The number of hydrogen-bond acceptors (Lipinski definition) is 3. The zero-order valence-electron chi connectivity index (χ0n) is 10.7. The van der Waals surface area contributed by atoms with Crippen LogP contribution in [0.15, 0.2) is 23.1 Å². The van der Waals surface area contributed by atoms with Gasteiger partial charge in [-0.25, -0.2) is 0 Å². The molecule has 0 aliphatic carbocycles. The maximum Gasteiger partial charge on any atom is 0.0604 e. The Morgan fingerprint density at radius 3 is 2.84 bits per heavy atom. The second-order valence-corrected chi connectivity index (χ2v) is 6.92. The smallest absolute Gasteiger partial charge is 0.0604 e. The molecule has 3 atom stereocenters. The Morgan fingerprint density at radius 2 is 2.26 bits per heavy atom. The molecule has 6 heteroatoms. The molecule has 0 aromatic heterocycles. The Bertz CT molecular complexity index is 464. The topological polar surface area (TPSA) is 38.3 Å². The molecule has 0 spiro atoms. The van der Waals surface area contributed by atoms with E-state index in [4.69, 9.17) is 27.9 Å². The summed E-state index contributed by atoms with van der Waals surface area (Å²) in [5.41, 5.74) is 0. The Balaban J connectivity index is 2.04. The van der Waals surface area contributed by atoms with E-state index in [-0.39, 0.29) is 6.04 Å². The van der Waals surface area contributed by atoms with Gasteiger partial charge < -0.3 is 10.1 Å². The Morgan fingerprint density at radius 1 is 1.47 bits per heavy atom. The quantitative estimate of drug-likeness (QED) is 0.906. The first-order chi connectivity index (χ1) is 9.11. The molecule has 1 N–H and O–H groups in total. The van der Waals surface area contributed by atoms with E-state index in [1.54, 1.807) is 18.2 Å². The fourth-order valence-electron chi connectivity index (χ4n) is 2.20. The third-order valence-electron chi connectivity index (χ3n) is 3.39. The Hall–Kier alpha value is -0.130. The van der Waals surface area contributed by atoms with E-state index >= 15 is 0 Å². The minimum absolute atomic E-state index is 0.192. The number of benzene rings is 1. The highest BCUT2D eigenvalue weighted by Gasteiger charge is 2.26. The van der Waals surface area contributed by atoms with Crippen LogP contribution in [-0.2, 0) is 15.5 Å². The maximum atomic E-state index is 12.4. The van der Waals surface area contributed by atoms with Crippen molar-refractivity contribution in [2.75, 3.05) is 26.0 Å². The van der Waals surface area contributed by atoms with Gasteiger partial charge in [0, 0.05) is 29.2 Å². The van der Waals surface area contributed by atoms with E-state index in [2.05, 4.69) is 5.32 Å². The van der Waals surface area contributed by atoms with Gasteiger partial charge in [0.25, 0.3) is 0 Å². The van der Waals surface area contributed by atoms with Crippen molar-refractivity contribution in [3.05, 3.63) is 28.2 Å². The maximum absolute atomic E-state index is 12.4. The number of nitrogens with one attached hydrogen (secondary N) is 1. The number of rotatable bonds is 5. The van der Waals surface area contributed by atoms with Crippen molar-refractivity contribution in [2.45, 2.75) is 17.4 Å². The van der Waals surface area contributed by atoms with Crippen LogP contribution in [0, 0.1) is 5.92 Å². The van der Waals surface area contributed by atoms with Crippen molar-refractivity contribution < 1.29 is 8.95 Å². The fraction of sp³-hybridized carbons (Fsp3) is 0.538. The molecule has 19 heavy (non-hydrogen) atoms. The summed E-state index contributed by atoms with van der Waals surface area (Å²) in [5, 5.41) is 4.16. The lowest BCUT2D eigenvalue weighted by Gasteiger charge is -2.21. The SMILES string of the molecule is CNC(CS(=O)c1ccc(Cl)c(Cl)c1)C1CCOC1. The molecule has 1 aromatic carbocycles. The Kier molecular flexibility index (Phi) is 5.66. The van der Waals surface area contributed by atoms with Gasteiger partial charge in [0.1, 0.15) is 0 Å². The summed E-state index contributed by atoms with van der Waals surface area (Å²) in [6, 6.07) is 5.32. The first-order valence-corrected chi connectivity index (χ1v) is 8.27. The van der Waals surface area contributed by atoms with Crippen LogP contribution in [0.25, 0.3) is 0 Å². The Labute approximate surface area is 126 Å². The van der Waals surface area contributed by atoms with Gasteiger partial charge in [-0.3, -0.25) is 4.21 Å². The molecular weight excluding hydrogens is 305 g/mol. The monoisotopic (exact) mass is 321 g/mol. The summed E-state index contributed by atoms with van der Waals surface area (Å²) in [5.74, 6) is 0.986. The predicted molar refractivity (Wildman–Crippen MR) is 79.5 cm³/mol. The van der Waals surface area contributed by atoms with Gasteiger partial charge >= 0.3 is 0 Å². The highest BCUT2D eigenvalue weighted by molar-refractivity contribution is 7.85. The van der Waals surface area contributed by atoms with Crippen molar-refractivity contribution >= 4 is 34.0 Å². The normalized spacial score (nSPS) is 22.4. The molecule has 1 heterocycles. The molecule has 0 saturated carbocycles. The number of hydrogen-bond donors (Lipinski definition) is 1. The largest absolute Gasteiger partial charge is 0.381 e. The standard InChI is InChI=1S/C13H17Cl2NO2S/c1-16-13(9-4-5-18-7-9)8-19(17)10-2-3-11(14)12(15)6-10/h2-3,6,9,13,16H,4-5,7-8H2,1H3. The molecular formula is C13H17Cl2NO2S. The summed E-state index contributed by atoms with van der Waals surface area (Å²) in [6.45, 7) is 1.53. The average molecular weight is 322 g/mol. The summed E-state index contributed by atoms with van der Waals surface area (Å²) in [4.78, 5) is 0.716. The second-order valence-electron chi connectivity index (χ2n) is 4.61. The summed E-state index contributed by atoms with van der Waals surface area (Å²) in [6.07, 6.45) is 1.02. The third-order valence-corrected chi connectivity index (χ3v) is 5.57. The van der Waals surface area contributed by atoms with E-state index in [1.165, 1.54) is 0 Å². The van der Waals surface area contributed by atoms with Crippen molar-refractivity contribution in [3.8, 4) is 0 Å². The lowest BCUT2D eigenvalue weighted by atomic mass is 10.0. The van der Waals surface area contributed by atoms with Gasteiger partial charge in [-0.05, 0) is 31.7 Å². The minimum atomic E-state index is -1.09. The van der Waals surface area contributed by atoms with Crippen molar-refractivity contribution in [3.63, 3.8) is 0 Å². The van der Waals surface area contributed by atoms with E-state index in [9.17, 15) is 4.21 Å². The summed E-state index contributed by atoms with van der Waals surface area (Å²) in [7, 11) is 0.809. The molecule has 106 valence electrons. The van der Waals surface area contributed by atoms with E-state index in [0.717, 1.165) is 19.6 Å². The van der Waals surface area contributed by atoms with Crippen LogP contribution in [0.5, 0.6) is 0 Å². The van der Waals surface area contributed by atoms with E-state index in [1.807, 2.05) is 7.05 Å². The van der Waals surface area contributed by atoms with Gasteiger partial charge in [0.15, 0.2) is 0 Å². The predicted octanol–water partition coefficient (Wildman–Crippen LogP) is 2.73. The van der Waals surface area contributed by atoms with Gasteiger partial charge in [-0.2, -0.15) is 0 Å². The summed E-state index contributed by atoms with van der Waals surface area (Å²) < 4.78 is 17.7. The molecule has 2 rings (SSSR count). The van der Waals surface area contributed by atoms with Gasteiger partial charge in [0.2, 0.25) is 0 Å². The lowest BCUT2D eigenvalue weighted by molar-refractivity contribution is 0.179. The van der Waals surface area contributed by atoms with Crippen molar-refractivity contribution in [1.82, 2.24) is 5.32 Å². The van der Waals surface area contributed by atoms with Crippen molar-refractivity contribution in [1.29, 1.82) is 0 Å². The lowest BCUT2D eigenvalue weighted by Crippen LogP contribution is -2.38. The van der Waals surface area contributed by atoms with Gasteiger partial charge in [-0.15, -0.1) is 0 Å². The molecule has 0 bridgehead atoms. The van der Waals surface area contributed by atoms with Crippen LogP contribution in [0.4, 0.5) is 0 Å². The van der Waals surface area contributed by atoms with Crippen LogP contribution in [0.1, 0.15) is 6.42 Å². The van der Waals surface area contributed by atoms with Crippen LogP contribution in [0.3, 0.4) is 0 Å². The molecule has 0 radical (unpaired) electrons. The molecule has 3 nitrogen and oxygen atoms in total.